The first-order valence-electron chi connectivity index (χ1n) is 4.25. The van der Waals surface area contributed by atoms with E-state index in [9.17, 15) is 8.42 Å². The Bertz CT molecular complexity index is 451. The van der Waals surface area contributed by atoms with Crippen molar-refractivity contribution in [2.75, 3.05) is 12.4 Å². The van der Waals surface area contributed by atoms with Crippen molar-refractivity contribution in [2.45, 2.75) is 4.90 Å². The molecule has 0 fully saturated rings. The van der Waals surface area contributed by atoms with Gasteiger partial charge in [0.15, 0.2) is 9.84 Å². The number of nitrogens with one attached hydrogen (secondary N) is 1. The van der Waals surface area contributed by atoms with Crippen LogP contribution in [0.2, 0.25) is 0 Å². The molecule has 0 atom stereocenters. The number of aliphatic hydroxyl groups is 1. The molecule has 0 spiro atoms. The quantitative estimate of drug-likeness (QED) is 0.487. The number of rotatable bonds is 4. The zero-order valence-electron chi connectivity index (χ0n) is 7.97. The summed E-state index contributed by atoms with van der Waals surface area (Å²) in [6.45, 7) is -0.406. The Morgan fingerprint density at radius 3 is 2.27 bits per heavy atom. The highest BCUT2D eigenvalue weighted by Crippen LogP contribution is 2.11. The molecule has 0 aliphatic rings. The minimum absolute atomic E-state index is 0.110. The minimum atomic E-state index is -3.41. The van der Waals surface area contributed by atoms with Crippen molar-refractivity contribution >= 4 is 15.7 Å². The molecule has 1 aromatic rings. The topological polar surface area (TPSA) is 104 Å². The molecule has 0 radical (unpaired) electrons. The number of aliphatic hydroxyl groups excluding tert-OH is 1. The molecule has 0 saturated carbocycles. The lowest BCUT2D eigenvalue weighted by Crippen LogP contribution is -2.13. The fourth-order valence-electron chi connectivity index (χ4n) is 1.08. The molecule has 1 aromatic carbocycles. The van der Waals surface area contributed by atoms with Crippen LogP contribution in [0.3, 0.4) is 0 Å². The maximum atomic E-state index is 11.5. The summed E-state index contributed by atoms with van der Waals surface area (Å²) >= 11 is 0. The molecule has 0 aliphatic heterocycles. The largest absolute Gasteiger partial charge is 0.395 e. The Morgan fingerprint density at radius 2 is 1.87 bits per heavy atom. The van der Waals surface area contributed by atoms with Gasteiger partial charge in [0.05, 0.1) is 17.3 Å². The number of benzene rings is 1. The molecule has 0 aromatic heterocycles. The molecule has 4 N–H and O–H groups in total. The molecule has 82 valence electrons. The Kier molecular flexibility index (Phi) is 3.43. The number of hydrogen-bond acceptors (Lipinski definition) is 4. The summed E-state index contributed by atoms with van der Waals surface area (Å²) < 4.78 is 22.9. The standard InChI is InChI=1S/C9H12N2O3S/c10-9(11)7-1-3-8(4-2-7)15(13,14)6-5-12/h1-4,12H,5-6H2,(H3,10,11). The monoisotopic (exact) mass is 228 g/mol. The molecule has 0 amide bonds. The van der Waals surface area contributed by atoms with Gasteiger partial charge in [0, 0.05) is 5.56 Å². The van der Waals surface area contributed by atoms with Crippen LogP contribution in [0.4, 0.5) is 0 Å². The predicted octanol–water partition coefficient (Wildman–Crippen LogP) is -0.263. The first-order valence-corrected chi connectivity index (χ1v) is 5.90. The van der Waals surface area contributed by atoms with Gasteiger partial charge in [0.2, 0.25) is 0 Å². The van der Waals surface area contributed by atoms with Crippen molar-refractivity contribution in [3.63, 3.8) is 0 Å². The predicted molar refractivity (Wildman–Crippen MR) is 56.6 cm³/mol. The second kappa shape index (κ2) is 4.41. The Labute approximate surface area is 88.0 Å². The Hall–Kier alpha value is -1.40. The highest BCUT2D eigenvalue weighted by atomic mass is 32.2. The number of hydrogen-bond donors (Lipinski definition) is 3. The maximum absolute atomic E-state index is 11.5. The van der Waals surface area contributed by atoms with Crippen molar-refractivity contribution in [1.82, 2.24) is 0 Å². The molecule has 6 heteroatoms. The number of nitrogen functional groups attached to an aromatic ring is 1. The summed E-state index contributed by atoms with van der Waals surface area (Å²) in [6, 6.07) is 5.68. The number of sulfone groups is 1. The number of nitrogens with two attached hydrogens (primary N) is 1. The van der Waals surface area contributed by atoms with Gasteiger partial charge in [-0.05, 0) is 12.1 Å². The first kappa shape index (κ1) is 11.7. The van der Waals surface area contributed by atoms with Crippen LogP contribution in [0.15, 0.2) is 29.2 Å². The van der Waals surface area contributed by atoms with E-state index in [0.29, 0.717) is 5.56 Å². The van der Waals surface area contributed by atoms with Gasteiger partial charge < -0.3 is 10.8 Å². The van der Waals surface area contributed by atoms with Crippen LogP contribution in [0.25, 0.3) is 0 Å². The highest BCUT2D eigenvalue weighted by Gasteiger charge is 2.13. The van der Waals surface area contributed by atoms with Gasteiger partial charge in [-0.1, -0.05) is 12.1 Å². The summed E-state index contributed by atoms with van der Waals surface area (Å²) in [5.74, 6) is -0.409. The van der Waals surface area contributed by atoms with E-state index in [4.69, 9.17) is 16.2 Å². The van der Waals surface area contributed by atoms with Gasteiger partial charge in [-0.15, -0.1) is 0 Å². The second-order valence-corrected chi connectivity index (χ2v) is 5.09. The van der Waals surface area contributed by atoms with Gasteiger partial charge >= 0.3 is 0 Å². The van der Waals surface area contributed by atoms with Crippen LogP contribution in [-0.2, 0) is 9.84 Å². The lowest BCUT2D eigenvalue weighted by atomic mass is 10.2. The van der Waals surface area contributed by atoms with E-state index in [2.05, 4.69) is 0 Å². The van der Waals surface area contributed by atoms with E-state index in [-0.39, 0.29) is 16.5 Å². The van der Waals surface area contributed by atoms with E-state index in [1.165, 1.54) is 24.3 Å². The molecule has 0 bridgehead atoms. The molecule has 1 rings (SSSR count). The fraction of sp³-hybridized carbons (Fsp3) is 0.222. The van der Waals surface area contributed by atoms with Crippen LogP contribution in [0.1, 0.15) is 5.56 Å². The van der Waals surface area contributed by atoms with Gasteiger partial charge in [-0.3, -0.25) is 5.41 Å². The lowest BCUT2D eigenvalue weighted by molar-refractivity contribution is 0.319. The average Bonchev–Trinajstić information content (AvgIpc) is 2.18. The van der Waals surface area contributed by atoms with Crippen molar-refractivity contribution in [3.8, 4) is 0 Å². The average molecular weight is 228 g/mol. The third-order valence-electron chi connectivity index (χ3n) is 1.88. The zero-order valence-corrected chi connectivity index (χ0v) is 8.79. The second-order valence-electron chi connectivity index (χ2n) is 2.98. The Balaban J connectivity index is 3.04. The molecule has 5 nitrogen and oxygen atoms in total. The third-order valence-corrected chi connectivity index (χ3v) is 3.59. The molecule has 0 unspecified atom stereocenters. The summed E-state index contributed by atoms with van der Waals surface area (Å²) in [5.41, 5.74) is 5.70. The van der Waals surface area contributed by atoms with Gasteiger partial charge in [-0.2, -0.15) is 0 Å². The minimum Gasteiger partial charge on any atom is -0.395 e. The normalized spacial score (nSPS) is 11.3. The molecular formula is C9H12N2O3S. The van der Waals surface area contributed by atoms with Crippen LogP contribution in [0, 0.1) is 5.41 Å². The van der Waals surface area contributed by atoms with E-state index >= 15 is 0 Å². The summed E-state index contributed by atoms with van der Waals surface area (Å²) in [5, 5.41) is 15.7. The summed E-state index contributed by atoms with van der Waals surface area (Å²) in [6.07, 6.45) is 0. The van der Waals surface area contributed by atoms with Crippen molar-refractivity contribution in [2.24, 2.45) is 5.73 Å². The van der Waals surface area contributed by atoms with Gasteiger partial charge in [-0.25, -0.2) is 8.42 Å². The van der Waals surface area contributed by atoms with Gasteiger partial charge in [0.25, 0.3) is 0 Å². The van der Waals surface area contributed by atoms with E-state index in [0.717, 1.165) is 0 Å². The molecule has 0 saturated heterocycles. The van der Waals surface area contributed by atoms with Crippen molar-refractivity contribution in [1.29, 1.82) is 5.41 Å². The first-order chi connectivity index (χ1) is 6.97. The SMILES string of the molecule is N=C(N)c1ccc(S(=O)(=O)CCO)cc1. The highest BCUT2D eigenvalue weighted by molar-refractivity contribution is 7.91. The van der Waals surface area contributed by atoms with E-state index in [1.807, 2.05) is 0 Å². The zero-order chi connectivity index (χ0) is 11.5. The molecular weight excluding hydrogens is 216 g/mol. The van der Waals surface area contributed by atoms with Crippen LogP contribution < -0.4 is 5.73 Å². The van der Waals surface area contributed by atoms with E-state index in [1.54, 1.807) is 0 Å². The molecule has 0 heterocycles. The van der Waals surface area contributed by atoms with Crippen LogP contribution in [-0.4, -0.2) is 31.7 Å². The van der Waals surface area contributed by atoms with Crippen molar-refractivity contribution < 1.29 is 13.5 Å². The summed E-state index contributed by atoms with van der Waals surface area (Å²) in [7, 11) is -3.41. The third kappa shape index (κ3) is 2.77. The van der Waals surface area contributed by atoms with E-state index < -0.39 is 16.4 Å². The molecule has 15 heavy (non-hydrogen) atoms. The van der Waals surface area contributed by atoms with Crippen LogP contribution >= 0.6 is 0 Å². The maximum Gasteiger partial charge on any atom is 0.180 e. The van der Waals surface area contributed by atoms with Crippen LogP contribution in [0.5, 0.6) is 0 Å². The molecule has 0 aliphatic carbocycles. The Morgan fingerprint density at radius 1 is 1.33 bits per heavy atom. The number of amidine groups is 1. The van der Waals surface area contributed by atoms with Gasteiger partial charge in [0.1, 0.15) is 5.84 Å². The summed E-state index contributed by atoms with van der Waals surface area (Å²) in [4.78, 5) is 0.126. The van der Waals surface area contributed by atoms with Crippen molar-refractivity contribution in [3.05, 3.63) is 29.8 Å². The smallest absolute Gasteiger partial charge is 0.180 e. The fourth-order valence-corrected chi connectivity index (χ4v) is 2.11. The lowest BCUT2D eigenvalue weighted by Gasteiger charge is -2.03.